The fraction of sp³-hybridized carbons (Fsp3) is 0.800. The molecule has 0 spiro atoms. The van der Waals surface area contributed by atoms with Gasteiger partial charge in [-0.2, -0.15) is 12.7 Å². The van der Waals surface area contributed by atoms with Gasteiger partial charge >= 0.3 is 0 Å². The smallest absolute Gasteiger partial charge is 0.277 e. The highest BCUT2D eigenvalue weighted by atomic mass is 32.2. The summed E-state index contributed by atoms with van der Waals surface area (Å²) in [7, 11) is -3.68. The largest absolute Gasteiger partial charge is 0.339 e. The monoisotopic (exact) mass is 290 g/mol. The standard InChI is InChI=1S/C10H18N4O4S/c11-19(17,18)14-6-4-12(5-7-14)10(16)8-13-3-1-2-9(13)15/h1-8H2,(H2,11,17,18). The van der Waals surface area contributed by atoms with Gasteiger partial charge in [-0.15, -0.1) is 0 Å². The van der Waals surface area contributed by atoms with Crippen molar-refractivity contribution >= 4 is 22.0 Å². The SMILES string of the molecule is NS(=O)(=O)N1CCN(C(=O)CN2CCCC2=O)CC1. The third-order valence-electron chi connectivity index (χ3n) is 3.45. The van der Waals surface area contributed by atoms with Gasteiger partial charge in [0.15, 0.2) is 0 Å². The number of hydrogen-bond donors (Lipinski definition) is 1. The van der Waals surface area contributed by atoms with Crippen LogP contribution in [0, 0.1) is 0 Å². The first-order valence-electron chi connectivity index (χ1n) is 6.21. The van der Waals surface area contributed by atoms with Crippen LogP contribution in [0.3, 0.4) is 0 Å². The van der Waals surface area contributed by atoms with Crippen LogP contribution in [0.25, 0.3) is 0 Å². The van der Waals surface area contributed by atoms with E-state index in [4.69, 9.17) is 5.14 Å². The van der Waals surface area contributed by atoms with Crippen molar-refractivity contribution < 1.29 is 18.0 Å². The second-order valence-electron chi connectivity index (χ2n) is 4.74. The minimum absolute atomic E-state index is 0.0107. The Labute approximate surface area is 112 Å². The molecule has 8 nitrogen and oxygen atoms in total. The molecule has 0 aromatic carbocycles. The van der Waals surface area contributed by atoms with E-state index in [0.717, 1.165) is 10.7 Å². The molecule has 2 aliphatic rings. The minimum atomic E-state index is -3.68. The summed E-state index contributed by atoms with van der Waals surface area (Å²) in [6.45, 7) is 1.77. The van der Waals surface area contributed by atoms with E-state index in [1.165, 1.54) is 0 Å². The lowest BCUT2D eigenvalue weighted by atomic mass is 10.3. The first-order chi connectivity index (χ1) is 8.88. The van der Waals surface area contributed by atoms with E-state index in [0.29, 0.717) is 26.1 Å². The molecule has 2 saturated heterocycles. The molecule has 0 saturated carbocycles. The molecule has 2 amide bonds. The van der Waals surface area contributed by atoms with Crippen molar-refractivity contribution in [3.63, 3.8) is 0 Å². The average molecular weight is 290 g/mol. The van der Waals surface area contributed by atoms with Crippen LogP contribution in [0.5, 0.6) is 0 Å². The predicted molar refractivity (Wildman–Crippen MR) is 67.1 cm³/mol. The fourth-order valence-corrected chi connectivity index (χ4v) is 3.00. The Morgan fingerprint density at radius 2 is 1.79 bits per heavy atom. The number of hydrogen-bond acceptors (Lipinski definition) is 4. The van der Waals surface area contributed by atoms with Gasteiger partial charge in [-0.25, -0.2) is 5.14 Å². The number of nitrogens with two attached hydrogens (primary N) is 1. The van der Waals surface area contributed by atoms with Crippen molar-refractivity contribution in [1.29, 1.82) is 0 Å². The summed E-state index contributed by atoms with van der Waals surface area (Å²) in [5.74, 6) is -0.124. The predicted octanol–water partition coefficient (Wildman–Crippen LogP) is -2.04. The first kappa shape index (κ1) is 14.2. The normalized spacial score (nSPS) is 22.1. The summed E-state index contributed by atoms with van der Waals surface area (Å²) in [6.07, 6.45) is 1.30. The number of amides is 2. The summed E-state index contributed by atoms with van der Waals surface area (Å²) < 4.78 is 23.4. The van der Waals surface area contributed by atoms with Gasteiger partial charge in [-0.1, -0.05) is 0 Å². The van der Waals surface area contributed by atoms with Crippen LogP contribution >= 0.6 is 0 Å². The number of piperazine rings is 1. The van der Waals surface area contributed by atoms with Crippen molar-refractivity contribution in [1.82, 2.24) is 14.1 Å². The van der Waals surface area contributed by atoms with E-state index >= 15 is 0 Å². The second-order valence-corrected chi connectivity index (χ2v) is 6.29. The van der Waals surface area contributed by atoms with Gasteiger partial charge in [0.1, 0.15) is 0 Å². The number of carbonyl (C=O) groups excluding carboxylic acids is 2. The highest BCUT2D eigenvalue weighted by Gasteiger charge is 2.29. The van der Waals surface area contributed by atoms with Crippen LogP contribution in [0.2, 0.25) is 0 Å². The number of rotatable bonds is 3. The Morgan fingerprint density at radius 1 is 1.16 bits per heavy atom. The lowest BCUT2D eigenvalue weighted by molar-refractivity contribution is -0.139. The average Bonchev–Trinajstić information content (AvgIpc) is 2.74. The molecule has 2 heterocycles. The van der Waals surface area contributed by atoms with Crippen LogP contribution in [0.1, 0.15) is 12.8 Å². The van der Waals surface area contributed by atoms with Crippen LogP contribution < -0.4 is 5.14 Å². The van der Waals surface area contributed by atoms with Gasteiger partial charge in [-0.05, 0) is 6.42 Å². The molecule has 0 atom stereocenters. The zero-order valence-electron chi connectivity index (χ0n) is 10.6. The fourth-order valence-electron chi connectivity index (χ4n) is 2.33. The maximum absolute atomic E-state index is 12.0. The van der Waals surface area contributed by atoms with Crippen molar-refractivity contribution in [3.05, 3.63) is 0 Å². The Hall–Kier alpha value is -1.19. The Balaban J connectivity index is 1.84. The van der Waals surface area contributed by atoms with E-state index in [2.05, 4.69) is 0 Å². The van der Waals surface area contributed by atoms with Crippen LogP contribution in [-0.4, -0.2) is 73.6 Å². The Bertz CT molecular complexity index is 470. The van der Waals surface area contributed by atoms with Gasteiger partial charge in [0.05, 0.1) is 6.54 Å². The quantitative estimate of drug-likeness (QED) is 0.646. The summed E-state index contributed by atoms with van der Waals surface area (Å²) >= 11 is 0. The molecular formula is C10H18N4O4S. The molecule has 9 heteroatoms. The summed E-state index contributed by atoms with van der Waals surface area (Å²) in [5.41, 5.74) is 0. The molecule has 0 bridgehead atoms. The zero-order chi connectivity index (χ0) is 14.0. The maximum atomic E-state index is 12.0. The summed E-state index contributed by atoms with van der Waals surface area (Å²) in [5, 5.41) is 5.02. The number of nitrogens with zero attached hydrogens (tertiary/aromatic N) is 3. The summed E-state index contributed by atoms with van der Waals surface area (Å²) in [4.78, 5) is 26.5. The Morgan fingerprint density at radius 3 is 2.26 bits per heavy atom. The van der Waals surface area contributed by atoms with Crippen molar-refractivity contribution in [3.8, 4) is 0 Å². The second kappa shape index (κ2) is 5.43. The Kier molecular flexibility index (Phi) is 4.07. The molecule has 0 radical (unpaired) electrons. The molecule has 0 aromatic rings. The molecule has 0 unspecified atom stereocenters. The molecule has 2 N–H and O–H groups in total. The van der Waals surface area contributed by atoms with Gasteiger partial charge in [0.25, 0.3) is 10.2 Å². The molecule has 2 aliphatic heterocycles. The number of carbonyl (C=O) groups is 2. The lowest BCUT2D eigenvalue weighted by Gasteiger charge is -2.33. The van der Waals surface area contributed by atoms with Crippen molar-refractivity contribution in [2.45, 2.75) is 12.8 Å². The third kappa shape index (κ3) is 3.43. The van der Waals surface area contributed by atoms with Crippen molar-refractivity contribution in [2.75, 3.05) is 39.3 Å². The van der Waals surface area contributed by atoms with Crippen LogP contribution in [0.4, 0.5) is 0 Å². The molecule has 19 heavy (non-hydrogen) atoms. The third-order valence-corrected chi connectivity index (χ3v) is 4.53. The van der Waals surface area contributed by atoms with Gasteiger partial charge in [0, 0.05) is 39.1 Å². The molecule has 2 rings (SSSR count). The number of likely N-dealkylation sites (tertiary alicyclic amines) is 1. The first-order valence-corrected chi connectivity index (χ1v) is 7.71. The van der Waals surface area contributed by atoms with E-state index < -0.39 is 10.2 Å². The highest BCUT2D eigenvalue weighted by Crippen LogP contribution is 2.11. The molecule has 0 aliphatic carbocycles. The zero-order valence-corrected chi connectivity index (χ0v) is 11.4. The minimum Gasteiger partial charge on any atom is -0.339 e. The van der Waals surface area contributed by atoms with Crippen LogP contribution in [-0.2, 0) is 19.8 Å². The maximum Gasteiger partial charge on any atom is 0.277 e. The molecule has 2 fully saturated rings. The van der Waals surface area contributed by atoms with Gasteiger partial charge in [-0.3, -0.25) is 9.59 Å². The van der Waals surface area contributed by atoms with Gasteiger partial charge < -0.3 is 9.80 Å². The molecular weight excluding hydrogens is 272 g/mol. The van der Waals surface area contributed by atoms with Crippen LogP contribution in [0.15, 0.2) is 0 Å². The van der Waals surface area contributed by atoms with E-state index in [9.17, 15) is 18.0 Å². The van der Waals surface area contributed by atoms with E-state index in [-0.39, 0.29) is 31.4 Å². The topological polar surface area (TPSA) is 104 Å². The molecule has 0 aromatic heterocycles. The van der Waals surface area contributed by atoms with E-state index in [1.54, 1.807) is 9.80 Å². The van der Waals surface area contributed by atoms with E-state index in [1.807, 2.05) is 0 Å². The highest BCUT2D eigenvalue weighted by molar-refractivity contribution is 7.86. The molecule has 108 valence electrons. The van der Waals surface area contributed by atoms with Crippen molar-refractivity contribution in [2.24, 2.45) is 5.14 Å². The lowest BCUT2D eigenvalue weighted by Crippen LogP contribution is -2.53. The van der Waals surface area contributed by atoms with Gasteiger partial charge in [0.2, 0.25) is 11.8 Å². The summed E-state index contributed by atoms with van der Waals surface area (Å²) in [6, 6.07) is 0.